The summed E-state index contributed by atoms with van der Waals surface area (Å²) in [6, 6.07) is 6.33. The van der Waals surface area contributed by atoms with Gasteiger partial charge in [-0.3, -0.25) is 9.59 Å². The van der Waals surface area contributed by atoms with Gasteiger partial charge in [-0.25, -0.2) is 4.39 Å². The standard InChI is InChI=1S/C17H22FNO4/c1-10(20)16(19)7-12(17(21)22)6-11-2-4-14(5-3-11)23-15-8-13(18)9-15/h2-5,12-13,15-16H,6-9,19H2,1H3,(H,21,22)/t12-,13-,15+,16-/m0/s1. The highest BCUT2D eigenvalue weighted by molar-refractivity contribution is 5.82. The lowest BCUT2D eigenvalue weighted by Gasteiger charge is -2.30. The average Bonchev–Trinajstić information content (AvgIpc) is 2.46. The molecule has 1 aromatic rings. The first-order valence-electron chi connectivity index (χ1n) is 7.73. The molecule has 0 radical (unpaired) electrons. The van der Waals surface area contributed by atoms with Crippen molar-refractivity contribution in [3.05, 3.63) is 29.8 Å². The molecule has 1 saturated carbocycles. The Balaban J connectivity index is 1.92. The molecular weight excluding hydrogens is 301 g/mol. The molecule has 1 aromatic carbocycles. The first kappa shape index (κ1) is 17.4. The summed E-state index contributed by atoms with van der Waals surface area (Å²) < 4.78 is 18.3. The summed E-state index contributed by atoms with van der Waals surface area (Å²) in [6.45, 7) is 1.36. The summed E-state index contributed by atoms with van der Waals surface area (Å²) in [5.74, 6) is -1.24. The third-order valence-electron chi connectivity index (χ3n) is 4.16. The summed E-state index contributed by atoms with van der Waals surface area (Å²) in [5.41, 5.74) is 6.49. The quantitative estimate of drug-likeness (QED) is 0.765. The Kier molecular flexibility index (Phi) is 5.71. The second-order valence-corrected chi connectivity index (χ2v) is 6.14. The number of hydrogen-bond donors (Lipinski definition) is 2. The van der Waals surface area contributed by atoms with Crippen LogP contribution in [-0.2, 0) is 16.0 Å². The lowest BCUT2D eigenvalue weighted by atomic mass is 9.91. The Bertz CT molecular complexity index is 554. The molecule has 126 valence electrons. The Hall–Kier alpha value is -1.95. The molecule has 5 nitrogen and oxygen atoms in total. The lowest BCUT2D eigenvalue weighted by Crippen LogP contribution is -2.34. The van der Waals surface area contributed by atoms with Crippen LogP contribution in [0.25, 0.3) is 0 Å². The number of hydrogen-bond acceptors (Lipinski definition) is 4. The fraction of sp³-hybridized carbons (Fsp3) is 0.529. The maximum atomic E-state index is 12.7. The predicted octanol–water partition coefficient (Wildman–Crippen LogP) is 2.12. The SMILES string of the molecule is CC(=O)[C@@H](N)C[C@H](Cc1ccc(O[C@H]2C[C@@H](F)C2)cc1)C(=O)O. The molecule has 2 rings (SSSR count). The van der Waals surface area contributed by atoms with E-state index in [9.17, 15) is 19.1 Å². The number of carbonyl (C=O) groups is 2. The number of benzene rings is 1. The molecule has 1 fully saturated rings. The van der Waals surface area contributed by atoms with Gasteiger partial charge in [-0.15, -0.1) is 0 Å². The maximum absolute atomic E-state index is 12.7. The van der Waals surface area contributed by atoms with Gasteiger partial charge in [0.1, 0.15) is 23.8 Å². The van der Waals surface area contributed by atoms with Crippen molar-refractivity contribution in [2.75, 3.05) is 0 Å². The summed E-state index contributed by atoms with van der Waals surface area (Å²) in [6.07, 6.45) is 0.421. The highest BCUT2D eigenvalue weighted by atomic mass is 19.1. The van der Waals surface area contributed by atoms with Crippen molar-refractivity contribution in [2.24, 2.45) is 11.7 Å². The van der Waals surface area contributed by atoms with E-state index in [4.69, 9.17) is 10.5 Å². The van der Waals surface area contributed by atoms with Crippen LogP contribution in [0.2, 0.25) is 0 Å². The van der Waals surface area contributed by atoms with Crippen LogP contribution < -0.4 is 10.5 Å². The number of rotatable bonds is 8. The largest absolute Gasteiger partial charge is 0.490 e. The number of Topliss-reactive ketones (excluding diaryl/α,β-unsaturated/α-hetero) is 1. The van der Waals surface area contributed by atoms with Gasteiger partial charge >= 0.3 is 5.97 Å². The number of alkyl halides is 1. The van der Waals surface area contributed by atoms with Gasteiger partial charge in [0.05, 0.1) is 12.0 Å². The van der Waals surface area contributed by atoms with Crippen LogP contribution in [0.1, 0.15) is 31.7 Å². The van der Waals surface area contributed by atoms with E-state index in [-0.39, 0.29) is 18.3 Å². The van der Waals surface area contributed by atoms with Crippen molar-refractivity contribution in [1.29, 1.82) is 0 Å². The third-order valence-corrected chi connectivity index (χ3v) is 4.16. The normalized spacial score (nSPS) is 22.7. The van der Waals surface area contributed by atoms with Crippen LogP contribution in [-0.4, -0.2) is 35.2 Å². The second kappa shape index (κ2) is 7.55. The van der Waals surface area contributed by atoms with E-state index in [0.717, 1.165) is 5.56 Å². The number of aliphatic carboxylic acids is 1. The van der Waals surface area contributed by atoms with E-state index in [2.05, 4.69) is 0 Å². The van der Waals surface area contributed by atoms with Gasteiger partial charge in [0.15, 0.2) is 0 Å². The van der Waals surface area contributed by atoms with Crippen molar-refractivity contribution in [1.82, 2.24) is 0 Å². The topological polar surface area (TPSA) is 89.6 Å². The number of carbonyl (C=O) groups excluding carboxylic acids is 1. The van der Waals surface area contributed by atoms with E-state index in [1.54, 1.807) is 24.3 Å². The first-order chi connectivity index (χ1) is 10.8. The molecule has 1 aliphatic rings. The third kappa shape index (κ3) is 5.03. The van der Waals surface area contributed by atoms with Crippen LogP contribution in [0.5, 0.6) is 5.75 Å². The number of carboxylic acid groups (broad SMARTS) is 1. The molecule has 2 atom stereocenters. The Morgan fingerprint density at radius 3 is 2.43 bits per heavy atom. The first-order valence-corrected chi connectivity index (χ1v) is 7.73. The zero-order chi connectivity index (χ0) is 17.0. The second-order valence-electron chi connectivity index (χ2n) is 6.14. The molecular formula is C17H22FNO4. The van der Waals surface area contributed by atoms with Gasteiger partial charge in [-0.05, 0) is 37.5 Å². The fourth-order valence-electron chi connectivity index (χ4n) is 2.52. The van der Waals surface area contributed by atoms with E-state index in [0.29, 0.717) is 25.0 Å². The molecule has 0 bridgehead atoms. The van der Waals surface area contributed by atoms with Crippen molar-refractivity contribution in [3.63, 3.8) is 0 Å². The molecule has 6 heteroatoms. The van der Waals surface area contributed by atoms with Gasteiger partial charge in [0.2, 0.25) is 0 Å². The Labute approximate surface area is 134 Å². The Morgan fingerprint density at radius 1 is 1.35 bits per heavy atom. The van der Waals surface area contributed by atoms with Crippen molar-refractivity contribution >= 4 is 11.8 Å². The minimum absolute atomic E-state index is 0.0730. The number of halogens is 1. The van der Waals surface area contributed by atoms with Gasteiger partial charge in [0, 0.05) is 12.8 Å². The smallest absolute Gasteiger partial charge is 0.306 e. The number of nitrogens with two attached hydrogens (primary N) is 1. The highest BCUT2D eigenvalue weighted by Crippen LogP contribution is 2.28. The van der Waals surface area contributed by atoms with E-state index >= 15 is 0 Å². The fourth-order valence-corrected chi connectivity index (χ4v) is 2.52. The number of ketones is 1. The van der Waals surface area contributed by atoms with E-state index in [1.807, 2.05) is 0 Å². The lowest BCUT2D eigenvalue weighted by molar-refractivity contribution is -0.142. The highest BCUT2D eigenvalue weighted by Gasteiger charge is 2.30. The molecule has 0 unspecified atom stereocenters. The molecule has 0 heterocycles. The average molecular weight is 323 g/mol. The van der Waals surface area contributed by atoms with Gasteiger partial charge in [0.25, 0.3) is 0 Å². The summed E-state index contributed by atoms with van der Waals surface area (Å²) in [4.78, 5) is 22.5. The summed E-state index contributed by atoms with van der Waals surface area (Å²) >= 11 is 0. The number of carboxylic acids is 1. The number of ether oxygens (including phenoxy) is 1. The van der Waals surface area contributed by atoms with Crippen molar-refractivity contribution < 1.29 is 23.8 Å². The zero-order valence-corrected chi connectivity index (χ0v) is 13.1. The monoisotopic (exact) mass is 323 g/mol. The molecule has 1 aliphatic carbocycles. The van der Waals surface area contributed by atoms with E-state index in [1.165, 1.54) is 6.92 Å². The van der Waals surface area contributed by atoms with Crippen LogP contribution >= 0.6 is 0 Å². The minimum atomic E-state index is -0.967. The van der Waals surface area contributed by atoms with Crippen molar-refractivity contribution in [3.8, 4) is 5.75 Å². The van der Waals surface area contributed by atoms with Gasteiger partial charge in [-0.1, -0.05) is 12.1 Å². The van der Waals surface area contributed by atoms with Crippen LogP contribution in [0.15, 0.2) is 24.3 Å². The predicted molar refractivity (Wildman–Crippen MR) is 83.1 cm³/mol. The van der Waals surface area contributed by atoms with E-state index < -0.39 is 24.1 Å². The maximum Gasteiger partial charge on any atom is 0.306 e. The van der Waals surface area contributed by atoms with Gasteiger partial charge in [-0.2, -0.15) is 0 Å². The molecule has 3 N–H and O–H groups in total. The Morgan fingerprint density at radius 2 is 1.96 bits per heavy atom. The van der Waals surface area contributed by atoms with Crippen molar-refractivity contribution in [2.45, 2.75) is 50.9 Å². The molecule has 0 saturated heterocycles. The molecule has 0 aromatic heterocycles. The molecule has 0 amide bonds. The molecule has 0 aliphatic heterocycles. The van der Waals surface area contributed by atoms with Crippen LogP contribution in [0.4, 0.5) is 4.39 Å². The molecule has 0 spiro atoms. The summed E-state index contributed by atoms with van der Waals surface area (Å²) in [5, 5.41) is 9.28. The van der Waals surface area contributed by atoms with Crippen LogP contribution in [0.3, 0.4) is 0 Å². The zero-order valence-electron chi connectivity index (χ0n) is 13.1. The molecule has 23 heavy (non-hydrogen) atoms. The van der Waals surface area contributed by atoms with Gasteiger partial charge < -0.3 is 15.6 Å². The summed E-state index contributed by atoms with van der Waals surface area (Å²) in [7, 11) is 0. The minimum Gasteiger partial charge on any atom is -0.490 e. The van der Waals surface area contributed by atoms with Crippen LogP contribution in [0, 0.1) is 5.92 Å².